The summed E-state index contributed by atoms with van der Waals surface area (Å²) in [5.41, 5.74) is 1.85. The van der Waals surface area contributed by atoms with Gasteiger partial charge in [-0.2, -0.15) is 5.10 Å². The van der Waals surface area contributed by atoms with Gasteiger partial charge in [0.15, 0.2) is 0 Å². The monoisotopic (exact) mass is 307 g/mol. The Morgan fingerprint density at radius 3 is 2.83 bits per heavy atom. The van der Waals surface area contributed by atoms with Crippen molar-refractivity contribution in [3.63, 3.8) is 0 Å². The lowest BCUT2D eigenvalue weighted by molar-refractivity contribution is -0.125. The number of likely N-dealkylation sites (N-methyl/N-ethyl adjacent to an activating group) is 1. The van der Waals surface area contributed by atoms with Gasteiger partial charge in [-0.25, -0.2) is 4.68 Å². The van der Waals surface area contributed by atoms with E-state index in [9.17, 15) is 4.79 Å². The van der Waals surface area contributed by atoms with Crippen LogP contribution in [0.3, 0.4) is 0 Å². The number of carbonyl (C=O) groups excluding carboxylic acids is 1. The molecule has 2 aromatic heterocycles. The van der Waals surface area contributed by atoms with Crippen LogP contribution in [-0.4, -0.2) is 27.6 Å². The molecule has 23 heavy (non-hydrogen) atoms. The van der Waals surface area contributed by atoms with Crippen LogP contribution in [0.4, 0.5) is 0 Å². The lowest BCUT2D eigenvalue weighted by Gasteiger charge is -2.12. The van der Waals surface area contributed by atoms with Gasteiger partial charge >= 0.3 is 0 Å². The molecule has 0 spiro atoms. The fourth-order valence-corrected chi connectivity index (χ4v) is 2.15. The van der Waals surface area contributed by atoms with E-state index in [4.69, 9.17) is 4.42 Å². The summed E-state index contributed by atoms with van der Waals surface area (Å²) in [6, 6.07) is 13.5. The van der Waals surface area contributed by atoms with Crippen LogP contribution in [0.15, 0.2) is 71.6 Å². The first-order valence-electron chi connectivity index (χ1n) is 7.28. The van der Waals surface area contributed by atoms with Gasteiger partial charge in [0.25, 0.3) is 0 Å². The number of furan rings is 1. The number of rotatable bonds is 5. The third-order valence-corrected chi connectivity index (χ3v) is 3.39. The average molecular weight is 307 g/mol. The molecule has 0 saturated carbocycles. The molecule has 1 aromatic carbocycles. The largest absolute Gasteiger partial charge is 0.467 e. The zero-order valence-corrected chi connectivity index (χ0v) is 12.8. The first kappa shape index (κ1) is 14.8. The number of aromatic nitrogens is 2. The topological polar surface area (TPSA) is 51.3 Å². The molecule has 0 fully saturated rings. The molecule has 5 nitrogen and oxygen atoms in total. The number of para-hydroxylation sites is 1. The summed E-state index contributed by atoms with van der Waals surface area (Å²) in [6.07, 6.45) is 8.50. The number of carbonyl (C=O) groups is 1. The van der Waals surface area contributed by atoms with Crippen LogP contribution in [-0.2, 0) is 11.3 Å². The Bertz CT molecular complexity index is 789. The number of nitrogens with zero attached hydrogens (tertiary/aromatic N) is 3. The molecule has 0 unspecified atom stereocenters. The Morgan fingerprint density at radius 2 is 2.09 bits per heavy atom. The highest BCUT2D eigenvalue weighted by Crippen LogP contribution is 2.09. The molecule has 0 aliphatic rings. The predicted molar refractivity (Wildman–Crippen MR) is 87.8 cm³/mol. The van der Waals surface area contributed by atoms with Crippen LogP contribution in [0, 0.1) is 0 Å². The van der Waals surface area contributed by atoms with E-state index in [1.807, 2.05) is 48.7 Å². The molecule has 0 N–H and O–H groups in total. The lowest BCUT2D eigenvalue weighted by atomic mass is 10.3. The minimum Gasteiger partial charge on any atom is -0.467 e. The van der Waals surface area contributed by atoms with E-state index in [2.05, 4.69) is 5.10 Å². The summed E-state index contributed by atoms with van der Waals surface area (Å²) < 4.78 is 7.01. The van der Waals surface area contributed by atoms with Crippen molar-refractivity contribution in [2.45, 2.75) is 6.54 Å². The number of amides is 1. The molecule has 3 rings (SSSR count). The van der Waals surface area contributed by atoms with Gasteiger partial charge < -0.3 is 9.32 Å². The summed E-state index contributed by atoms with van der Waals surface area (Å²) in [4.78, 5) is 13.7. The maximum absolute atomic E-state index is 12.1. The summed E-state index contributed by atoms with van der Waals surface area (Å²) >= 11 is 0. The smallest absolute Gasteiger partial charge is 0.246 e. The van der Waals surface area contributed by atoms with Crippen LogP contribution in [0.5, 0.6) is 0 Å². The van der Waals surface area contributed by atoms with Gasteiger partial charge in [-0.15, -0.1) is 0 Å². The molecule has 0 aliphatic heterocycles. The van der Waals surface area contributed by atoms with Crippen LogP contribution in [0.2, 0.25) is 0 Å². The third kappa shape index (κ3) is 3.77. The first-order chi connectivity index (χ1) is 11.2. The fourth-order valence-electron chi connectivity index (χ4n) is 2.15. The Balaban J connectivity index is 1.63. The zero-order chi connectivity index (χ0) is 16.1. The molecule has 116 valence electrons. The van der Waals surface area contributed by atoms with Gasteiger partial charge in [-0.3, -0.25) is 4.79 Å². The number of benzene rings is 1. The second kappa shape index (κ2) is 6.79. The van der Waals surface area contributed by atoms with Gasteiger partial charge in [0, 0.05) is 24.9 Å². The SMILES string of the molecule is CN(Cc1ccco1)C(=O)/C=C/c1cnn(-c2ccccc2)c1. The Kier molecular flexibility index (Phi) is 4.38. The van der Waals surface area contributed by atoms with Crippen LogP contribution >= 0.6 is 0 Å². The summed E-state index contributed by atoms with van der Waals surface area (Å²) in [5, 5.41) is 4.30. The average Bonchev–Trinajstić information content (AvgIpc) is 3.25. The van der Waals surface area contributed by atoms with E-state index in [-0.39, 0.29) is 5.91 Å². The molecule has 0 bridgehead atoms. The number of hydrogen-bond acceptors (Lipinski definition) is 3. The Labute approximate surface area is 134 Å². The number of hydrogen-bond donors (Lipinski definition) is 0. The second-order valence-electron chi connectivity index (χ2n) is 5.16. The molecule has 0 radical (unpaired) electrons. The van der Waals surface area contributed by atoms with E-state index in [0.717, 1.165) is 17.0 Å². The van der Waals surface area contributed by atoms with Crippen molar-refractivity contribution in [1.29, 1.82) is 0 Å². The molecule has 0 aliphatic carbocycles. The van der Waals surface area contributed by atoms with Crippen molar-refractivity contribution < 1.29 is 9.21 Å². The molecule has 2 heterocycles. The fraction of sp³-hybridized carbons (Fsp3) is 0.111. The molecule has 0 atom stereocenters. The van der Waals surface area contributed by atoms with E-state index in [1.165, 1.54) is 6.08 Å². The van der Waals surface area contributed by atoms with Crippen LogP contribution in [0.1, 0.15) is 11.3 Å². The maximum atomic E-state index is 12.1. The first-order valence-corrected chi connectivity index (χ1v) is 7.28. The molecule has 1 amide bonds. The zero-order valence-electron chi connectivity index (χ0n) is 12.8. The molecule has 3 aromatic rings. The lowest BCUT2D eigenvalue weighted by Crippen LogP contribution is -2.23. The predicted octanol–water partition coefficient (Wildman–Crippen LogP) is 3.14. The van der Waals surface area contributed by atoms with Crippen LogP contribution in [0.25, 0.3) is 11.8 Å². The van der Waals surface area contributed by atoms with Gasteiger partial charge in [0.1, 0.15) is 5.76 Å². The van der Waals surface area contributed by atoms with E-state index < -0.39 is 0 Å². The van der Waals surface area contributed by atoms with Crippen molar-refractivity contribution in [3.05, 3.63) is 78.5 Å². The highest BCUT2D eigenvalue weighted by atomic mass is 16.3. The van der Waals surface area contributed by atoms with E-state index in [1.54, 1.807) is 35.2 Å². The molecular weight excluding hydrogens is 290 g/mol. The summed E-state index contributed by atoms with van der Waals surface area (Å²) in [5.74, 6) is 0.667. The second-order valence-corrected chi connectivity index (χ2v) is 5.16. The Morgan fingerprint density at radius 1 is 1.26 bits per heavy atom. The van der Waals surface area contributed by atoms with Crippen molar-refractivity contribution in [3.8, 4) is 5.69 Å². The summed E-state index contributed by atoms with van der Waals surface area (Å²) in [7, 11) is 1.74. The summed E-state index contributed by atoms with van der Waals surface area (Å²) in [6.45, 7) is 0.444. The normalized spacial score (nSPS) is 11.0. The van der Waals surface area contributed by atoms with Crippen molar-refractivity contribution in [1.82, 2.24) is 14.7 Å². The van der Waals surface area contributed by atoms with E-state index >= 15 is 0 Å². The third-order valence-electron chi connectivity index (χ3n) is 3.39. The highest BCUT2D eigenvalue weighted by molar-refractivity contribution is 5.91. The highest BCUT2D eigenvalue weighted by Gasteiger charge is 2.07. The molecular formula is C18H17N3O2. The minimum absolute atomic E-state index is 0.0890. The quantitative estimate of drug-likeness (QED) is 0.680. The van der Waals surface area contributed by atoms with Gasteiger partial charge in [0.2, 0.25) is 5.91 Å². The van der Waals surface area contributed by atoms with Crippen LogP contribution < -0.4 is 0 Å². The van der Waals surface area contributed by atoms with Crippen molar-refractivity contribution >= 4 is 12.0 Å². The van der Waals surface area contributed by atoms with E-state index in [0.29, 0.717) is 6.54 Å². The van der Waals surface area contributed by atoms with Crippen molar-refractivity contribution in [2.24, 2.45) is 0 Å². The van der Waals surface area contributed by atoms with Gasteiger partial charge in [-0.1, -0.05) is 18.2 Å². The standard InChI is InChI=1S/C18H17N3O2/c1-20(14-17-8-5-11-23-17)18(22)10-9-15-12-19-21(13-15)16-6-3-2-4-7-16/h2-13H,14H2,1H3/b10-9+. The molecule has 0 saturated heterocycles. The molecule has 5 heteroatoms. The van der Waals surface area contributed by atoms with Gasteiger partial charge in [0.05, 0.1) is 24.7 Å². The maximum Gasteiger partial charge on any atom is 0.246 e. The van der Waals surface area contributed by atoms with Crippen molar-refractivity contribution in [2.75, 3.05) is 7.05 Å². The van der Waals surface area contributed by atoms with Gasteiger partial charge in [-0.05, 0) is 30.3 Å². The Hall–Kier alpha value is -3.08. The minimum atomic E-state index is -0.0890.